The molecule has 204 valence electrons. The first kappa shape index (κ1) is 24.6. The lowest BCUT2D eigenvalue weighted by molar-refractivity contribution is -0.0720. The molecule has 6 heterocycles. The van der Waals surface area contributed by atoms with E-state index in [2.05, 4.69) is 20.5 Å². The van der Waals surface area contributed by atoms with Crippen LogP contribution in [0.1, 0.15) is 58.9 Å². The molecule has 0 unspecified atom stereocenters. The van der Waals surface area contributed by atoms with Gasteiger partial charge in [-0.25, -0.2) is 14.8 Å². The van der Waals surface area contributed by atoms with Crippen LogP contribution in [0.3, 0.4) is 0 Å². The Morgan fingerprint density at radius 2 is 2.05 bits per heavy atom. The van der Waals surface area contributed by atoms with Crippen LogP contribution in [0.5, 0.6) is 11.5 Å². The van der Waals surface area contributed by atoms with E-state index in [0.717, 1.165) is 78.9 Å². The summed E-state index contributed by atoms with van der Waals surface area (Å²) in [7, 11) is 1.94. The molecule has 0 amide bonds. The minimum atomic E-state index is -0.936. The summed E-state index contributed by atoms with van der Waals surface area (Å²) < 4.78 is 22.5. The Hall–Kier alpha value is -3.41. The molecule has 0 radical (unpaired) electrons. The van der Waals surface area contributed by atoms with Gasteiger partial charge in [0, 0.05) is 32.3 Å². The van der Waals surface area contributed by atoms with Gasteiger partial charge < -0.3 is 28.5 Å². The van der Waals surface area contributed by atoms with Crippen LogP contribution in [-0.4, -0.2) is 60.9 Å². The molecule has 0 spiro atoms. The zero-order valence-corrected chi connectivity index (χ0v) is 22.8. The van der Waals surface area contributed by atoms with E-state index in [1.54, 1.807) is 12.4 Å². The molecule has 3 aliphatic heterocycles. The normalized spacial score (nSPS) is 23.4. The highest BCUT2D eigenvalue weighted by atomic mass is 32.1. The minimum absolute atomic E-state index is 0.166. The van der Waals surface area contributed by atoms with Crippen molar-refractivity contribution in [2.45, 2.75) is 57.1 Å². The number of carbonyl (C=O) groups is 1. The Balaban J connectivity index is 1.06. The number of aromatic carboxylic acids is 1. The maximum absolute atomic E-state index is 11.5. The molecule has 4 aromatic rings. The van der Waals surface area contributed by atoms with Crippen molar-refractivity contribution in [3.63, 3.8) is 0 Å². The standard InChI is InChI=1S/C28H31N5O5S/c1-28(23-14-31(2)16-29-23)37-21-5-3-4-19(25(21)38-28)17-6-9-32(10-7-17)15-24-30-26-20(12-22(39-26)27(34)35)33(24)13-18-8-11-36-18/h3-5,12,14,16-18H,6-11,13,15H2,1-2H3,(H,34,35)/t18-,28+/m0/s1. The summed E-state index contributed by atoms with van der Waals surface area (Å²) in [6, 6.07) is 7.92. The predicted octanol–water partition coefficient (Wildman–Crippen LogP) is 4.34. The number of fused-ring (bicyclic) bond motifs is 2. The van der Waals surface area contributed by atoms with Crippen molar-refractivity contribution in [1.82, 2.24) is 24.0 Å². The first-order chi connectivity index (χ1) is 18.9. The zero-order valence-electron chi connectivity index (χ0n) is 22.0. The van der Waals surface area contributed by atoms with E-state index in [0.29, 0.717) is 17.3 Å². The lowest BCUT2D eigenvalue weighted by atomic mass is 9.88. The van der Waals surface area contributed by atoms with E-state index in [1.807, 2.05) is 36.9 Å². The van der Waals surface area contributed by atoms with E-state index in [-0.39, 0.29) is 6.10 Å². The van der Waals surface area contributed by atoms with Crippen LogP contribution in [0.2, 0.25) is 0 Å². The number of hydrogen-bond acceptors (Lipinski definition) is 8. The number of rotatable bonds is 7. The molecule has 0 saturated carbocycles. The van der Waals surface area contributed by atoms with Crippen LogP contribution in [-0.2, 0) is 30.7 Å². The van der Waals surface area contributed by atoms with Gasteiger partial charge in [-0.2, -0.15) is 0 Å². The Kier molecular flexibility index (Phi) is 5.91. The molecule has 3 aromatic heterocycles. The summed E-state index contributed by atoms with van der Waals surface area (Å²) >= 11 is 1.24. The van der Waals surface area contributed by atoms with Crippen LogP contribution < -0.4 is 9.47 Å². The first-order valence-electron chi connectivity index (χ1n) is 13.4. The number of piperidine rings is 1. The molecular formula is C28H31N5O5S. The average molecular weight is 550 g/mol. The van der Waals surface area contributed by atoms with Crippen molar-refractivity contribution in [1.29, 1.82) is 0 Å². The molecule has 2 fully saturated rings. The molecule has 2 atom stereocenters. The quantitative estimate of drug-likeness (QED) is 0.363. The average Bonchev–Trinajstić information content (AvgIpc) is 3.64. The van der Waals surface area contributed by atoms with E-state index >= 15 is 0 Å². The molecule has 1 aromatic carbocycles. The number of para-hydroxylation sites is 1. The molecule has 3 aliphatic rings. The van der Waals surface area contributed by atoms with E-state index < -0.39 is 11.8 Å². The van der Waals surface area contributed by atoms with Gasteiger partial charge in [0.2, 0.25) is 0 Å². The number of carboxylic acids is 1. The fourth-order valence-electron chi connectivity index (χ4n) is 5.85. The summed E-state index contributed by atoms with van der Waals surface area (Å²) in [5.74, 6) is 1.10. The second-order valence-corrected chi connectivity index (χ2v) is 11.9. The SMILES string of the molecule is Cn1cnc([C@]2(C)Oc3cccc(C4CCN(Cc5nc6sc(C(=O)O)cc6n5C[C@@H]5CCO5)CC4)c3O2)c1. The van der Waals surface area contributed by atoms with Gasteiger partial charge in [-0.3, -0.25) is 4.90 Å². The van der Waals surface area contributed by atoms with Crippen molar-refractivity contribution in [2.75, 3.05) is 19.7 Å². The van der Waals surface area contributed by atoms with Crippen molar-refractivity contribution >= 4 is 27.7 Å². The number of benzene rings is 1. The highest BCUT2D eigenvalue weighted by Gasteiger charge is 2.42. The highest BCUT2D eigenvalue weighted by molar-refractivity contribution is 7.20. The van der Waals surface area contributed by atoms with Crippen molar-refractivity contribution in [3.8, 4) is 11.5 Å². The Bertz CT molecular complexity index is 1550. The molecule has 2 saturated heterocycles. The second-order valence-electron chi connectivity index (χ2n) is 10.8. The minimum Gasteiger partial charge on any atom is -0.477 e. The monoisotopic (exact) mass is 549 g/mol. The maximum atomic E-state index is 11.5. The zero-order chi connectivity index (χ0) is 26.7. The number of likely N-dealkylation sites (tertiary alicyclic amines) is 1. The Labute approximate surface area is 229 Å². The van der Waals surface area contributed by atoms with Crippen molar-refractivity contribution in [2.24, 2.45) is 7.05 Å². The molecule has 0 aliphatic carbocycles. The summed E-state index contributed by atoms with van der Waals surface area (Å²) in [5.41, 5.74) is 2.84. The van der Waals surface area contributed by atoms with Gasteiger partial charge in [-0.15, -0.1) is 11.3 Å². The van der Waals surface area contributed by atoms with Crippen molar-refractivity contribution < 1.29 is 24.1 Å². The number of aryl methyl sites for hydroxylation is 1. The lowest BCUT2D eigenvalue weighted by Gasteiger charge is -2.33. The topological polar surface area (TPSA) is 104 Å². The maximum Gasteiger partial charge on any atom is 0.346 e. The molecule has 10 nitrogen and oxygen atoms in total. The Morgan fingerprint density at radius 3 is 2.74 bits per heavy atom. The fraction of sp³-hybridized carbons (Fsp3) is 0.464. The Morgan fingerprint density at radius 1 is 1.23 bits per heavy atom. The fourth-order valence-corrected chi connectivity index (χ4v) is 6.74. The molecule has 7 rings (SSSR count). The van der Waals surface area contributed by atoms with Gasteiger partial charge >= 0.3 is 5.97 Å². The largest absolute Gasteiger partial charge is 0.477 e. The van der Waals surface area contributed by atoms with Crippen LogP contribution in [0.4, 0.5) is 0 Å². The van der Waals surface area contributed by atoms with Crippen LogP contribution >= 0.6 is 11.3 Å². The third kappa shape index (κ3) is 4.38. The van der Waals surface area contributed by atoms with Gasteiger partial charge in [0.15, 0.2) is 11.5 Å². The number of ether oxygens (including phenoxy) is 3. The van der Waals surface area contributed by atoms with Crippen LogP contribution in [0.15, 0.2) is 36.8 Å². The number of carboxylic acid groups (broad SMARTS) is 1. The third-order valence-corrected chi connectivity index (χ3v) is 9.10. The molecule has 0 bridgehead atoms. The molecule has 1 N–H and O–H groups in total. The van der Waals surface area contributed by atoms with Crippen molar-refractivity contribution in [3.05, 3.63) is 58.7 Å². The van der Waals surface area contributed by atoms with Gasteiger partial charge in [0.1, 0.15) is 21.2 Å². The summed E-state index contributed by atoms with van der Waals surface area (Å²) in [4.78, 5) is 24.4. The van der Waals surface area contributed by atoms with Crippen LogP contribution in [0.25, 0.3) is 10.3 Å². The predicted molar refractivity (Wildman–Crippen MR) is 144 cm³/mol. The highest BCUT2D eigenvalue weighted by Crippen LogP contribution is 2.49. The van der Waals surface area contributed by atoms with E-state index in [9.17, 15) is 9.90 Å². The molecular weight excluding hydrogens is 518 g/mol. The third-order valence-electron chi connectivity index (χ3n) is 8.09. The molecule has 39 heavy (non-hydrogen) atoms. The summed E-state index contributed by atoms with van der Waals surface area (Å²) in [6.07, 6.45) is 6.88. The first-order valence-corrected chi connectivity index (χ1v) is 14.2. The van der Waals surface area contributed by atoms with Gasteiger partial charge in [0.25, 0.3) is 5.79 Å². The van der Waals surface area contributed by atoms with Gasteiger partial charge in [-0.05, 0) is 50.4 Å². The second kappa shape index (κ2) is 9.35. The number of imidazole rings is 2. The summed E-state index contributed by atoms with van der Waals surface area (Å²) in [6.45, 7) is 6.02. The summed E-state index contributed by atoms with van der Waals surface area (Å²) in [5, 5.41) is 9.45. The number of nitrogens with zero attached hydrogens (tertiary/aromatic N) is 5. The van der Waals surface area contributed by atoms with Gasteiger partial charge in [-0.1, -0.05) is 12.1 Å². The van der Waals surface area contributed by atoms with E-state index in [1.165, 1.54) is 16.9 Å². The van der Waals surface area contributed by atoms with Gasteiger partial charge in [0.05, 0.1) is 31.0 Å². The molecule has 11 heteroatoms. The van der Waals surface area contributed by atoms with Crippen LogP contribution in [0, 0.1) is 0 Å². The van der Waals surface area contributed by atoms with E-state index in [4.69, 9.17) is 19.2 Å². The smallest absolute Gasteiger partial charge is 0.346 e. The number of aromatic nitrogens is 4. The number of thiophene rings is 1. The number of hydrogen-bond donors (Lipinski definition) is 1. The lowest BCUT2D eigenvalue weighted by Crippen LogP contribution is -2.35.